The van der Waals surface area contributed by atoms with Crippen LogP contribution in [-0.2, 0) is 0 Å². The molecular weight excluding hydrogens is 472 g/mol. The molecule has 2 aromatic heterocycles. The van der Waals surface area contributed by atoms with Crippen molar-refractivity contribution in [3.05, 3.63) is 81.6 Å². The summed E-state index contributed by atoms with van der Waals surface area (Å²) in [5, 5.41) is 14.6. The van der Waals surface area contributed by atoms with Gasteiger partial charge in [0, 0.05) is 28.4 Å². The number of nitro groups is 1. The van der Waals surface area contributed by atoms with Gasteiger partial charge in [0.2, 0.25) is 0 Å². The Kier molecular flexibility index (Phi) is 10.5. The third-order valence-corrected chi connectivity index (χ3v) is 5.03. The standard InChI is InChI=1S/C20H15ClN6O2S.2C2H6/c1-12-9-13(10-18(21)22-12)23-19-20(25-17-8-3-2-7-16(17)24-19)26-30-15-6-4-5-14(11-15)27(28)29;2*1-2/h2-11H,1H3,(H,25,26)(H,22,23,24);2*1-2H3. The molecule has 2 aromatic carbocycles. The number of rotatable bonds is 6. The van der Waals surface area contributed by atoms with E-state index in [0.717, 1.165) is 16.9 Å². The average Bonchev–Trinajstić information content (AvgIpc) is 2.85. The Morgan fingerprint density at radius 3 is 2.15 bits per heavy atom. The van der Waals surface area contributed by atoms with Crippen LogP contribution < -0.4 is 10.0 Å². The molecule has 0 aliphatic heterocycles. The summed E-state index contributed by atoms with van der Waals surface area (Å²) in [4.78, 5) is 24.7. The molecule has 0 bridgehead atoms. The van der Waals surface area contributed by atoms with Gasteiger partial charge in [-0.15, -0.1) is 0 Å². The maximum absolute atomic E-state index is 11.0. The van der Waals surface area contributed by atoms with Crippen molar-refractivity contribution < 1.29 is 4.92 Å². The van der Waals surface area contributed by atoms with Crippen molar-refractivity contribution in [1.29, 1.82) is 0 Å². The molecule has 0 saturated carbocycles. The van der Waals surface area contributed by atoms with Crippen LogP contribution in [0.25, 0.3) is 11.0 Å². The number of pyridine rings is 1. The number of nitrogens with one attached hydrogen (secondary N) is 2. The highest BCUT2D eigenvalue weighted by molar-refractivity contribution is 8.00. The Bertz CT molecular complexity index is 1240. The average molecular weight is 499 g/mol. The van der Waals surface area contributed by atoms with Crippen LogP contribution in [0, 0.1) is 17.0 Å². The van der Waals surface area contributed by atoms with Crippen LogP contribution in [0.2, 0.25) is 5.15 Å². The lowest BCUT2D eigenvalue weighted by molar-refractivity contribution is -0.385. The molecule has 0 amide bonds. The third kappa shape index (κ3) is 7.29. The number of anilines is 3. The highest BCUT2D eigenvalue weighted by Crippen LogP contribution is 2.30. The Hall–Kier alpha value is -3.43. The number of benzene rings is 2. The predicted molar refractivity (Wildman–Crippen MR) is 142 cm³/mol. The molecule has 2 N–H and O–H groups in total. The summed E-state index contributed by atoms with van der Waals surface area (Å²) in [5.74, 6) is 0.976. The summed E-state index contributed by atoms with van der Waals surface area (Å²) >= 11 is 7.28. The molecule has 0 fully saturated rings. The molecule has 178 valence electrons. The van der Waals surface area contributed by atoms with E-state index in [2.05, 4.69) is 25.0 Å². The van der Waals surface area contributed by atoms with Crippen LogP contribution in [0.3, 0.4) is 0 Å². The van der Waals surface area contributed by atoms with Crippen LogP contribution in [0.5, 0.6) is 0 Å². The van der Waals surface area contributed by atoms with E-state index in [1.165, 1.54) is 24.1 Å². The van der Waals surface area contributed by atoms with Gasteiger partial charge in [0.1, 0.15) is 5.15 Å². The lowest BCUT2D eigenvalue weighted by atomic mass is 10.3. The SMILES string of the molecule is CC.CC.Cc1cc(Nc2nc3ccccc3nc2NSc2cccc([N+](=O)[O-])c2)cc(Cl)n1. The molecule has 8 nitrogen and oxygen atoms in total. The zero-order valence-electron chi connectivity index (χ0n) is 19.7. The first-order chi connectivity index (χ1) is 16.5. The van der Waals surface area contributed by atoms with Gasteiger partial charge in [-0.3, -0.25) is 10.1 Å². The van der Waals surface area contributed by atoms with Crippen LogP contribution in [-0.4, -0.2) is 19.9 Å². The minimum Gasteiger partial charge on any atom is -0.337 e. The van der Waals surface area contributed by atoms with E-state index >= 15 is 0 Å². The topological polar surface area (TPSA) is 106 Å². The van der Waals surface area contributed by atoms with Gasteiger partial charge >= 0.3 is 0 Å². The molecule has 10 heteroatoms. The molecule has 0 radical (unpaired) electrons. The Morgan fingerprint density at radius 2 is 1.53 bits per heavy atom. The van der Waals surface area contributed by atoms with E-state index in [0.29, 0.717) is 27.2 Å². The molecule has 4 aromatic rings. The number of aryl methyl sites for hydroxylation is 1. The number of fused-ring (bicyclic) bond motifs is 1. The van der Waals surface area contributed by atoms with Gasteiger partial charge in [-0.1, -0.05) is 57.5 Å². The molecule has 0 atom stereocenters. The second-order valence-corrected chi connectivity index (χ2v) is 7.58. The maximum atomic E-state index is 11.0. The first-order valence-corrected chi connectivity index (χ1v) is 12.0. The van der Waals surface area contributed by atoms with Crippen molar-refractivity contribution >= 4 is 57.6 Å². The van der Waals surface area contributed by atoms with Gasteiger partial charge in [-0.25, -0.2) is 15.0 Å². The number of nitrogens with zero attached hydrogens (tertiary/aromatic N) is 4. The van der Waals surface area contributed by atoms with Gasteiger partial charge in [0.05, 0.1) is 16.0 Å². The summed E-state index contributed by atoms with van der Waals surface area (Å²) in [6, 6.07) is 17.4. The lowest BCUT2D eigenvalue weighted by Crippen LogP contribution is -2.03. The highest BCUT2D eigenvalue weighted by atomic mass is 35.5. The number of aromatic nitrogens is 3. The number of nitro benzene ring substituents is 1. The third-order valence-electron chi connectivity index (χ3n) is 4.05. The van der Waals surface area contributed by atoms with Crippen LogP contribution in [0.15, 0.2) is 65.6 Å². The largest absolute Gasteiger partial charge is 0.337 e. The summed E-state index contributed by atoms with van der Waals surface area (Å²) in [6.07, 6.45) is 0. The van der Waals surface area contributed by atoms with Crippen LogP contribution in [0.4, 0.5) is 23.0 Å². The summed E-state index contributed by atoms with van der Waals surface area (Å²) in [6.45, 7) is 9.85. The fourth-order valence-corrected chi connectivity index (χ4v) is 3.70. The molecule has 0 unspecified atom stereocenters. The zero-order valence-corrected chi connectivity index (χ0v) is 21.2. The summed E-state index contributed by atoms with van der Waals surface area (Å²) in [7, 11) is 0. The first kappa shape index (κ1) is 26.8. The van der Waals surface area contributed by atoms with Crippen molar-refractivity contribution in [1.82, 2.24) is 15.0 Å². The molecule has 2 heterocycles. The summed E-state index contributed by atoms with van der Waals surface area (Å²) in [5.41, 5.74) is 2.95. The number of hydrogen-bond donors (Lipinski definition) is 2. The van der Waals surface area contributed by atoms with E-state index < -0.39 is 4.92 Å². The molecule has 34 heavy (non-hydrogen) atoms. The zero-order chi connectivity index (χ0) is 25.1. The molecule has 4 rings (SSSR count). The minimum atomic E-state index is -0.428. The van der Waals surface area contributed by atoms with Gasteiger partial charge in [0.25, 0.3) is 5.69 Å². The second-order valence-electron chi connectivity index (χ2n) is 6.31. The molecule has 0 aliphatic carbocycles. The first-order valence-electron chi connectivity index (χ1n) is 10.8. The van der Waals surface area contributed by atoms with Crippen LogP contribution in [0.1, 0.15) is 33.4 Å². The molecule has 0 spiro atoms. The smallest absolute Gasteiger partial charge is 0.270 e. The highest BCUT2D eigenvalue weighted by Gasteiger charge is 2.12. The van der Waals surface area contributed by atoms with Gasteiger partial charge in [-0.05, 0) is 49.2 Å². The van der Waals surface area contributed by atoms with E-state index in [1.54, 1.807) is 18.2 Å². The number of para-hydroxylation sites is 2. The number of non-ortho nitro benzene ring substituents is 1. The maximum Gasteiger partial charge on any atom is 0.270 e. The second kappa shape index (κ2) is 13.3. The Morgan fingerprint density at radius 1 is 0.882 bits per heavy atom. The predicted octanol–water partition coefficient (Wildman–Crippen LogP) is 7.81. The van der Waals surface area contributed by atoms with Crippen molar-refractivity contribution in [2.24, 2.45) is 0 Å². The normalized spacial score (nSPS) is 9.82. The number of halogens is 1. The fraction of sp³-hybridized carbons (Fsp3) is 0.208. The van der Waals surface area contributed by atoms with Crippen molar-refractivity contribution in [2.45, 2.75) is 39.5 Å². The Labute approximate surface area is 208 Å². The van der Waals surface area contributed by atoms with Crippen LogP contribution >= 0.6 is 23.5 Å². The van der Waals surface area contributed by atoms with E-state index in [1.807, 2.05) is 65.0 Å². The van der Waals surface area contributed by atoms with Gasteiger partial charge < -0.3 is 10.0 Å². The minimum absolute atomic E-state index is 0.0200. The summed E-state index contributed by atoms with van der Waals surface area (Å²) < 4.78 is 3.15. The lowest BCUT2D eigenvalue weighted by Gasteiger charge is -2.13. The number of hydrogen-bond acceptors (Lipinski definition) is 8. The van der Waals surface area contributed by atoms with E-state index in [4.69, 9.17) is 11.6 Å². The van der Waals surface area contributed by atoms with Crippen molar-refractivity contribution in [2.75, 3.05) is 10.0 Å². The molecular formula is C24H27ClN6O2S. The quantitative estimate of drug-likeness (QED) is 0.120. The monoisotopic (exact) mass is 498 g/mol. The van der Waals surface area contributed by atoms with Gasteiger partial charge in [0.15, 0.2) is 11.6 Å². The molecule has 0 saturated heterocycles. The van der Waals surface area contributed by atoms with Crippen molar-refractivity contribution in [3.63, 3.8) is 0 Å². The van der Waals surface area contributed by atoms with Gasteiger partial charge in [-0.2, -0.15) is 0 Å². The van der Waals surface area contributed by atoms with Crippen molar-refractivity contribution in [3.8, 4) is 0 Å². The van der Waals surface area contributed by atoms with E-state index in [-0.39, 0.29) is 5.69 Å². The Balaban J connectivity index is 0.000000970. The fourth-order valence-electron chi connectivity index (χ4n) is 2.76. The molecule has 0 aliphatic rings. The van der Waals surface area contributed by atoms with E-state index in [9.17, 15) is 10.1 Å².